The molecule has 3 heteroatoms. The summed E-state index contributed by atoms with van der Waals surface area (Å²) < 4.78 is 0. The molecule has 0 bridgehead atoms. The quantitative estimate of drug-likeness (QED) is 0.661. The molecule has 0 rings (SSSR count). The summed E-state index contributed by atoms with van der Waals surface area (Å²) in [5, 5.41) is 2.79. The predicted octanol–water partition coefficient (Wildman–Crippen LogP) is 0.886. The lowest BCUT2D eigenvalue weighted by molar-refractivity contribution is -0.125. The van der Waals surface area contributed by atoms with Gasteiger partial charge in [0, 0.05) is 6.54 Å². The second-order valence-corrected chi connectivity index (χ2v) is 4.16. The van der Waals surface area contributed by atoms with Crippen molar-refractivity contribution in [1.82, 2.24) is 5.32 Å². The molecule has 0 spiro atoms. The van der Waals surface area contributed by atoms with Gasteiger partial charge in [-0.2, -0.15) is 0 Å². The summed E-state index contributed by atoms with van der Waals surface area (Å²) in [5.74, 6) is 0.536. The van der Waals surface area contributed by atoms with Crippen LogP contribution in [0.4, 0.5) is 0 Å². The summed E-state index contributed by atoms with van der Waals surface area (Å²) in [4.78, 5) is 11.2. The fourth-order valence-electron chi connectivity index (χ4n) is 0.702. The minimum atomic E-state index is -0.753. The van der Waals surface area contributed by atoms with Crippen molar-refractivity contribution < 1.29 is 4.79 Å². The van der Waals surface area contributed by atoms with Gasteiger partial charge < -0.3 is 11.1 Å². The monoisotopic (exact) mass is 172 g/mol. The Labute approximate surface area is 74.7 Å². The molecule has 12 heavy (non-hydrogen) atoms. The van der Waals surface area contributed by atoms with E-state index in [0.29, 0.717) is 5.92 Å². The van der Waals surface area contributed by atoms with Crippen LogP contribution in [-0.4, -0.2) is 18.0 Å². The lowest BCUT2D eigenvalue weighted by atomic mass is 10.1. The molecule has 0 fully saturated rings. The molecule has 0 aromatic heterocycles. The molecular formula is C9H20N2O. The minimum absolute atomic E-state index is 0.0804. The van der Waals surface area contributed by atoms with Crippen molar-refractivity contribution >= 4 is 5.91 Å². The van der Waals surface area contributed by atoms with Gasteiger partial charge in [0.25, 0.3) is 0 Å². The second-order valence-electron chi connectivity index (χ2n) is 4.16. The fourth-order valence-corrected chi connectivity index (χ4v) is 0.702. The molecule has 1 amide bonds. The fraction of sp³-hybridized carbons (Fsp3) is 0.889. The predicted molar refractivity (Wildman–Crippen MR) is 50.7 cm³/mol. The SMILES string of the molecule is CC(C)CCNC(=O)C(C)(C)N. The highest BCUT2D eigenvalue weighted by atomic mass is 16.2. The van der Waals surface area contributed by atoms with Gasteiger partial charge in [-0.05, 0) is 26.2 Å². The highest BCUT2D eigenvalue weighted by Crippen LogP contribution is 1.99. The Balaban J connectivity index is 3.59. The van der Waals surface area contributed by atoms with Crippen LogP contribution in [0.3, 0.4) is 0 Å². The minimum Gasteiger partial charge on any atom is -0.355 e. The van der Waals surface area contributed by atoms with E-state index in [0.717, 1.165) is 13.0 Å². The van der Waals surface area contributed by atoms with Gasteiger partial charge in [0.2, 0.25) is 5.91 Å². The normalized spacial score (nSPS) is 11.8. The van der Waals surface area contributed by atoms with Gasteiger partial charge in [0.15, 0.2) is 0 Å². The standard InChI is InChI=1S/C9H20N2O/c1-7(2)5-6-11-8(12)9(3,4)10/h7H,5-6,10H2,1-4H3,(H,11,12). The van der Waals surface area contributed by atoms with Crippen LogP contribution in [-0.2, 0) is 4.79 Å². The van der Waals surface area contributed by atoms with E-state index < -0.39 is 5.54 Å². The number of nitrogens with two attached hydrogens (primary N) is 1. The van der Waals surface area contributed by atoms with Crippen LogP contribution in [0, 0.1) is 5.92 Å². The van der Waals surface area contributed by atoms with Crippen LogP contribution in [0.5, 0.6) is 0 Å². The molecule has 0 aliphatic carbocycles. The van der Waals surface area contributed by atoms with Crippen LogP contribution in [0.2, 0.25) is 0 Å². The van der Waals surface area contributed by atoms with Gasteiger partial charge in [-0.25, -0.2) is 0 Å². The maximum Gasteiger partial charge on any atom is 0.239 e. The van der Waals surface area contributed by atoms with Crippen molar-refractivity contribution in [1.29, 1.82) is 0 Å². The largest absolute Gasteiger partial charge is 0.355 e. The maximum atomic E-state index is 11.2. The number of amides is 1. The molecule has 0 aromatic rings. The first-order valence-electron chi connectivity index (χ1n) is 4.41. The van der Waals surface area contributed by atoms with E-state index in [4.69, 9.17) is 5.73 Å². The first-order valence-corrected chi connectivity index (χ1v) is 4.41. The lowest BCUT2D eigenvalue weighted by Gasteiger charge is -2.18. The third-order valence-corrected chi connectivity index (χ3v) is 1.59. The van der Waals surface area contributed by atoms with Crippen molar-refractivity contribution in [3.8, 4) is 0 Å². The van der Waals surface area contributed by atoms with Crippen LogP contribution in [0.15, 0.2) is 0 Å². The van der Waals surface area contributed by atoms with Crippen LogP contribution in [0.1, 0.15) is 34.1 Å². The van der Waals surface area contributed by atoms with Gasteiger partial charge in [0.1, 0.15) is 0 Å². The van der Waals surface area contributed by atoms with Gasteiger partial charge in [0.05, 0.1) is 5.54 Å². The van der Waals surface area contributed by atoms with Crippen LogP contribution < -0.4 is 11.1 Å². The molecule has 0 unspecified atom stereocenters. The topological polar surface area (TPSA) is 55.1 Å². The first-order chi connectivity index (χ1) is 5.34. The Morgan fingerprint density at radius 3 is 2.33 bits per heavy atom. The molecule has 0 heterocycles. The summed E-state index contributed by atoms with van der Waals surface area (Å²) >= 11 is 0. The summed E-state index contributed by atoms with van der Waals surface area (Å²) in [6.45, 7) is 8.38. The van der Waals surface area contributed by atoms with Crippen LogP contribution >= 0.6 is 0 Å². The zero-order valence-corrected chi connectivity index (χ0v) is 8.48. The number of rotatable bonds is 4. The Morgan fingerprint density at radius 1 is 1.50 bits per heavy atom. The molecule has 0 aromatic carbocycles. The van der Waals surface area contributed by atoms with E-state index in [1.807, 2.05) is 0 Å². The molecule has 0 aliphatic rings. The molecule has 0 saturated heterocycles. The van der Waals surface area contributed by atoms with Crippen molar-refractivity contribution in [3.05, 3.63) is 0 Å². The van der Waals surface area contributed by atoms with Crippen molar-refractivity contribution in [3.63, 3.8) is 0 Å². The summed E-state index contributed by atoms with van der Waals surface area (Å²) in [7, 11) is 0. The van der Waals surface area contributed by atoms with E-state index in [2.05, 4.69) is 19.2 Å². The van der Waals surface area contributed by atoms with Crippen molar-refractivity contribution in [2.75, 3.05) is 6.54 Å². The second kappa shape index (κ2) is 4.45. The number of hydrogen-bond acceptors (Lipinski definition) is 2. The van der Waals surface area contributed by atoms with E-state index in [1.165, 1.54) is 0 Å². The highest BCUT2D eigenvalue weighted by molar-refractivity contribution is 5.84. The molecule has 0 saturated carbocycles. The van der Waals surface area contributed by atoms with Gasteiger partial charge in [-0.15, -0.1) is 0 Å². The Morgan fingerprint density at radius 2 is 2.00 bits per heavy atom. The number of carbonyl (C=O) groups excluding carboxylic acids is 1. The average molecular weight is 172 g/mol. The Kier molecular flexibility index (Phi) is 4.24. The molecule has 0 atom stereocenters. The summed E-state index contributed by atoms with van der Waals surface area (Å²) in [6, 6.07) is 0. The van der Waals surface area contributed by atoms with E-state index in [9.17, 15) is 4.79 Å². The summed E-state index contributed by atoms with van der Waals surface area (Å²) in [5.41, 5.74) is 4.83. The number of carbonyl (C=O) groups is 1. The zero-order valence-electron chi connectivity index (χ0n) is 8.48. The number of nitrogens with one attached hydrogen (secondary N) is 1. The smallest absolute Gasteiger partial charge is 0.239 e. The third kappa shape index (κ3) is 5.13. The average Bonchev–Trinajstić information content (AvgIpc) is 1.84. The molecule has 3 N–H and O–H groups in total. The zero-order chi connectivity index (χ0) is 9.78. The molecular weight excluding hydrogens is 152 g/mol. The Hall–Kier alpha value is -0.570. The highest BCUT2D eigenvalue weighted by Gasteiger charge is 2.20. The van der Waals surface area contributed by atoms with Gasteiger partial charge >= 0.3 is 0 Å². The maximum absolute atomic E-state index is 11.2. The van der Waals surface area contributed by atoms with Crippen molar-refractivity contribution in [2.24, 2.45) is 11.7 Å². The molecule has 3 nitrogen and oxygen atoms in total. The van der Waals surface area contributed by atoms with E-state index in [-0.39, 0.29) is 5.91 Å². The van der Waals surface area contributed by atoms with Gasteiger partial charge in [-0.1, -0.05) is 13.8 Å². The first kappa shape index (κ1) is 11.4. The van der Waals surface area contributed by atoms with Gasteiger partial charge in [-0.3, -0.25) is 4.79 Å². The number of hydrogen-bond donors (Lipinski definition) is 2. The molecule has 72 valence electrons. The third-order valence-electron chi connectivity index (χ3n) is 1.59. The van der Waals surface area contributed by atoms with Crippen LogP contribution in [0.25, 0.3) is 0 Å². The molecule has 0 radical (unpaired) electrons. The van der Waals surface area contributed by atoms with E-state index >= 15 is 0 Å². The Bertz CT molecular complexity index is 147. The van der Waals surface area contributed by atoms with Crippen molar-refractivity contribution in [2.45, 2.75) is 39.7 Å². The molecule has 0 aliphatic heterocycles. The van der Waals surface area contributed by atoms with E-state index in [1.54, 1.807) is 13.8 Å². The summed E-state index contributed by atoms with van der Waals surface area (Å²) in [6.07, 6.45) is 1.00. The lowest BCUT2D eigenvalue weighted by Crippen LogP contribution is -2.49.